The first-order chi connectivity index (χ1) is 11.2. The number of piperidine rings is 2. The summed E-state index contributed by atoms with van der Waals surface area (Å²) in [4.78, 5) is 31.2. The average molecular weight is 359 g/mol. The Labute approximate surface area is 151 Å². The number of amides is 3. The van der Waals surface area contributed by atoms with Crippen molar-refractivity contribution in [2.24, 2.45) is 5.92 Å². The number of hydrogen-bond donors (Lipinski definition) is 1. The smallest absolute Gasteiger partial charge is 0.320 e. The van der Waals surface area contributed by atoms with E-state index in [1.165, 1.54) is 0 Å². The quantitative estimate of drug-likeness (QED) is 0.814. The van der Waals surface area contributed by atoms with E-state index in [-0.39, 0.29) is 30.3 Å². The van der Waals surface area contributed by atoms with Crippen molar-refractivity contribution < 1.29 is 9.59 Å². The number of halogens is 1. The molecule has 3 aliphatic rings. The Balaban J connectivity index is 0.00000208. The van der Waals surface area contributed by atoms with Crippen LogP contribution in [0.4, 0.5) is 4.79 Å². The minimum atomic E-state index is 0. The minimum absolute atomic E-state index is 0. The summed E-state index contributed by atoms with van der Waals surface area (Å²) in [5.74, 6) is 0.264. The predicted molar refractivity (Wildman–Crippen MR) is 96.4 cm³/mol. The summed E-state index contributed by atoms with van der Waals surface area (Å²) >= 11 is 0. The van der Waals surface area contributed by atoms with Crippen molar-refractivity contribution in [3.63, 3.8) is 0 Å². The molecule has 3 aliphatic heterocycles. The van der Waals surface area contributed by atoms with E-state index >= 15 is 0 Å². The molecule has 3 rings (SSSR count). The third-order valence-corrected chi connectivity index (χ3v) is 5.63. The Morgan fingerprint density at radius 3 is 2.08 bits per heavy atom. The zero-order valence-electron chi connectivity index (χ0n) is 14.7. The summed E-state index contributed by atoms with van der Waals surface area (Å²) < 4.78 is 0. The summed E-state index contributed by atoms with van der Waals surface area (Å²) in [5.41, 5.74) is 0. The fourth-order valence-electron chi connectivity index (χ4n) is 4.11. The van der Waals surface area contributed by atoms with Gasteiger partial charge in [-0.1, -0.05) is 0 Å². The number of nitrogens with zero attached hydrogens (tertiary/aromatic N) is 3. The number of urea groups is 1. The van der Waals surface area contributed by atoms with E-state index in [0.717, 1.165) is 71.2 Å². The monoisotopic (exact) mass is 358 g/mol. The van der Waals surface area contributed by atoms with E-state index < -0.39 is 0 Å². The van der Waals surface area contributed by atoms with Crippen LogP contribution in [-0.4, -0.2) is 79.0 Å². The first-order valence-electron chi connectivity index (χ1n) is 9.19. The maximum Gasteiger partial charge on any atom is 0.320 e. The van der Waals surface area contributed by atoms with Gasteiger partial charge in [-0.3, -0.25) is 4.79 Å². The Morgan fingerprint density at radius 1 is 0.833 bits per heavy atom. The summed E-state index contributed by atoms with van der Waals surface area (Å²) in [6.45, 7) is 4.87. The molecule has 3 amide bonds. The Bertz CT molecular complexity index is 434. The molecule has 0 aliphatic carbocycles. The van der Waals surface area contributed by atoms with Crippen LogP contribution >= 0.6 is 12.4 Å². The zero-order chi connectivity index (χ0) is 16.2. The maximum absolute atomic E-state index is 12.8. The lowest BCUT2D eigenvalue weighted by Crippen LogP contribution is -2.52. The number of nitrogens with one attached hydrogen (secondary N) is 1. The van der Waals surface area contributed by atoms with E-state index in [9.17, 15) is 9.59 Å². The molecular formula is C17H31ClN4O2. The van der Waals surface area contributed by atoms with Crippen LogP contribution in [0.3, 0.4) is 0 Å². The Hall–Kier alpha value is -1.01. The minimum Gasteiger partial charge on any atom is -0.342 e. The van der Waals surface area contributed by atoms with Gasteiger partial charge >= 0.3 is 6.03 Å². The molecule has 7 heteroatoms. The highest BCUT2D eigenvalue weighted by Crippen LogP contribution is 2.23. The molecule has 0 saturated carbocycles. The second kappa shape index (κ2) is 8.90. The van der Waals surface area contributed by atoms with Crippen LogP contribution in [0.2, 0.25) is 0 Å². The summed E-state index contributed by atoms with van der Waals surface area (Å²) in [7, 11) is 1.99. The molecule has 0 aromatic heterocycles. The molecule has 0 aromatic carbocycles. The van der Waals surface area contributed by atoms with Crippen molar-refractivity contribution in [2.75, 3.05) is 46.3 Å². The van der Waals surface area contributed by atoms with Gasteiger partial charge in [-0.05, 0) is 45.6 Å². The highest BCUT2D eigenvalue weighted by atomic mass is 35.5. The maximum atomic E-state index is 12.8. The first-order valence-corrected chi connectivity index (χ1v) is 9.19. The molecule has 0 radical (unpaired) electrons. The molecule has 3 heterocycles. The lowest BCUT2D eigenvalue weighted by Gasteiger charge is -2.38. The number of likely N-dealkylation sites (tertiary alicyclic amines) is 3. The summed E-state index contributed by atoms with van der Waals surface area (Å²) in [5, 5.41) is 3.30. The zero-order valence-corrected chi connectivity index (χ0v) is 15.5. The fourth-order valence-corrected chi connectivity index (χ4v) is 4.11. The molecule has 1 atom stereocenters. The van der Waals surface area contributed by atoms with Gasteiger partial charge in [0, 0.05) is 45.3 Å². The standard InChI is InChI=1S/C17H30N4O2.ClH/c1-18-15-6-11-19(12-7-15)16(22)14-5-4-10-21(13-14)17(23)20-8-2-3-9-20;/h14-15,18H,2-13H2,1H3;1H. The molecule has 24 heavy (non-hydrogen) atoms. The lowest BCUT2D eigenvalue weighted by molar-refractivity contribution is -0.138. The van der Waals surface area contributed by atoms with Crippen LogP contribution in [0.5, 0.6) is 0 Å². The van der Waals surface area contributed by atoms with Gasteiger partial charge in [-0.2, -0.15) is 0 Å². The Morgan fingerprint density at radius 2 is 1.46 bits per heavy atom. The molecular weight excluding hydrogens is 328 g/mol. The lowest BCUT2D eigenvalue weighted by atomic mass is 9.95. The number of hydrogen-bond acceptors (Lipinski definition) is 3. The van der Waals surface area contributed by atoms with Crippen molar-refractivity contribution >= 4 is 24.3 Å². The number of carbonyl (C=O) groups excluding carboxylic acids is 2. The van der Waals surface area contributed by atoms with Gasteiger partial charge in [0.05, 0.1) is 5.92 Å². The molecule has 138 valence electrons. The molecule has 6 nitrogen and oxygen atoms in total. The largest absolute Gasteiger partial charge is 0.342 e. The van der Waals surface area contributed by atoms with Crippen LogP contribution in [0.15, 0.2) is 0 Å². The highest BCUT2D eigenvalue weighted by molar-refractivity contribution is 5.85. The first kappa shape index (κ1) is 19.3. The third-order valence-electron chi connectivity index (χ3n) is 5.63. The predicted octanol–water partition coefficient (Wildman–Crippen LogP) is 1.55. The molecule has 0 bridgehead atoms. The highest BCUT2D eigenvalue weighted by Gasteiger charge is 2.34. The molecule has 1 N–H and O–H groups in total. The van der Waals surface area contributed by atoms with E-state index in [1.54, 1.807) is 0 Å². The van der Waals surface area contributed by atoms with Gasteiger partial charge in [0.2, 0.25) is 5.91 Å². The van der Waals surface area contributed by atoms with E-state index in [4.69, 9.17) is 0 Å². The molecule has 0 spiro atoms. The number of rotatable bonds is 2. The van der Waals surface area contributed by atoms with Crippen molar-refractivity contribution in [3.05, 3.63) is 0 Å². The summed E-state index contributed by atoms with van der Waals surface area (Å²) in [6, 6.07) is 0.688. The average Bonchev–Trinajstić information content (AvgIpc) is 3.15. The SMILES string of the molecule is CNC1CCN(C(=O)C2CCCN(C(=O)N3CCCC3)C2)CC1.Cl. The second-order valence-electron chi connectivity index (χ2n) is 7.15. The third kappa shape index (κ3) is 4.33. The van der Waals surface area contributed by atoms with Gasteiger partial charge in [0.25, 0.3) is 0 Å². The van der Waals surface area contributed by atoms with Crippen molar-refractivity contribution in [3.8, 4) is 0 Å². The van der Waals surface area contributed by atoms with Crippen LogP contribution in [0.25, 0.3) is 0 Å². The van der Waals surface area contributed by atoms with Gasteiger partial charge in [-0.15, -0.1) is 12.4 Å². The normalized spacial score (nSPS) is 25.5. The van der Waals surface area contributed by atoms with Crippen molar-refractivity contribution in [2.45, 2.75) is 44.6 Å². The van der Waals surface area contributed by atoms with Crippen LogP contribution < -0.4 is 5.32 Å². The van der Waals surface area contributed by atoms with Crippen molar-refractivity contribution in [1.82, 2.24) is 20.0 Å². The van der Waals surface area contributed by atoms with E-state index in [1.807, 2.05) is 21.7 Å². The Kier molecular flexibility index (Phi) is 7.16. The molecule has 0 aromatic rings. The van der Waals surface area contributed by atoms with Crippen LogP contribution in [-0.2, 0) is 4.79 Å². The van der Waals surface area contributed by atoms with E-state index in [0.29, 0.717) is 12.6 Å². The van der Waals surface area contributed by atoms with Gasteiger partial charge in [0.15, 0.2) is 0 Å². The van der Waals surface area contributed by atoms with Gasteiger partial charge < -0.3 is 20.0 Å². The van der Waals surface area contributed by atoms with Crippen molar-refractivity contribution in [1.29, 1.82) is 0 Å². The summed E-state index contributed by atoms with van der Waals surface area (Å²) in [6.07, 6.45) is 6.17. The van der Waals surface area contributed by atoms with Gasteiger partial charge in [0.1, 0.15) is 0 Å². The van der Waals surface area contributed by atoms with Crippen LogP contribution in [0.1, 0.15) is 38.5 Å². The van der Waals surface area contributed by atoms with Crippen LogP contribution in [0, 0.1) is 5.92 Å². The fraction of sp³-hybridized carbons (Fsp3) is 0.882. The van der Waals surface area contributed by atoms with Gasteiger partial charge in [-0.25, -0.2) is 4.79 Å². The second-order valence-corrected chi connectivity index (χ2v) is 7.15. The van der Waals surface area contributed by atoms with E-state index in [2.05, 4.69) is 5.32 Å². The topological polar surface area (TPSA) is 55.9 Å². The molecule has 3 fully saturated rings. The molecule has 1 unspecified atom stereocenters. The molecule has 3 saturated heterocycles. The number of carbonyl (C=O) groups is 2.